The van der Waals surface area contributed by atoms with Gasteiger partial charge in [0.15, 0.2) is 0 Å². The van der Waals surface area contributed by atoms with Gasteiger partial charge in [0.1, 0.15) is 6.61 Å². The van der Waals surface area contributed by atoms with Crippen LogP contribution < -0.4 is 0 Å². The molecule has 0 heterocycles. The number of nitrogens with zero attached hydrogens (tertiary/aromatic N) is 1. The summed E-state index contributed by atoms with van der Waals surface area (Å²) in [6.07, 6.45) is 1.93. The van der Waals surface area contributed by atoms with Crippen molar-refractivity contribution in [1.82, 2.24) is 0 Å². The first kappa shape index (κ1) is 9.11. The first-order valence-corrected chi connectivity index (χ1v) is 4.59. The fraction of sp³-hybridized carbons (Fsp3) is 0.111. The Balaban J connectivity index is 3.12. The highest BCUT2D eigenvalue weighted by Gasteiger charge is 1.98. The van der Waals surface area contributed by atoms with E-state index in [9.17, 15) is 0 Å². The molecule has 0 unspecified atom stereocenters. The summed E-state index contributed by atoms with van der Waals surface area (Å²) >= 11 is 1.55. The van der Waals surface area contributed by atoms with E-state index in [0.717, 1.165) is 11.5 Å². The van der Waals surface area contributed by atoms with Crippen molar-refractivity contribution in [3.05, 3.63) is 35.9 Å². The number of nitriles is 1. The summed E-state index contributed by atoms with van der Waals surface area (Å²) in [5.41, 5.74) is 1.24. The smallest absolute Gasteiger partial charge is 0.109 e. The molecule has 0 saturated carbocycles. The van der Waals surface area contributed by atoms with Gasteiger partial charge in [0.25, 0.3) is 0 Å². The molecule has 0 aromatic heterocycles. The molecule has 1 radical (unpaired) electrons. The fourth-order valence-electron chi connectivity index (χ4n) is 0.879. The summed E-state index contributed by atoms with van der Waals surface area (Å²) in [7, 11) is 0. The predicted molar refractivity (Wildman–Crippen MR) is 48.3 cm³/mol. The molecule has 1 aromatic rings. The molecule has 0 spiro atoms. The lowest BCUT2D eigenvalue weighted by Crippen LogP contribution is -1.84. The summed E-state index contributed by atoms with van der Waals surface area (Å²) in [5, 5.41) is 17.4. The maximum Gasteiger partial charge on any atom is 0.109 e. The number of rotatable bonds is 2. The van der Waals surface area contributed by atoms with Gasteiger partial charge in [-0.3, -0.25) is 0 Å². The van der Waals surface area contributed by atoms with E-state index in [1.54, 1.807) is 23.9 Å². The standard InChI is InChI=1S/C9H8NOS/c1-12-9-3-7(5-10)2-8(4-9)6-11/h2-4,6,11H,1H3. The van der Waals surface area contributed by atoms with E-state index in [1.165, 1.54) is 0 Å². The van der Waals surface area contributed by atoms with Gasteiger partial charge >= 0.3 is 0 Å². The number of aliphatic hydroxyl groups excluding tert-OH is 1. The molecule has 0 aliphatic rings. The van der Waals surface area contributed by atoms with E-state index >= 15 is 0 Å². The van der Waals surface area contributed by atoms with Gasteiger partial charge in [0.2, 0.25) is 0 Å². The summed E-state index contributed by atoms with van der Waals surface area (Å²) < 4.78 is 0. The molecule has 0 saturated heterocycles. The van der Waals surface area contributed by atoms with Gasteiger partial charge in [0.05, 0.1) is 11.6 Å². The van der Waals surface area contributed by atoms with Gasteiger partial charge in [-0.2, -0.15) is 5.26 Å². The van der Waals surface area contributed by atoms with Crippen molar-refractivity contribution in [3.8, 4) is 6.07 Å². The highest BCUT2D eigenvalue weighted by Crippen LogP contribution is 2.18. The predicted octanol–water partition coefficient (Wildman–Crippen LogP) is 2.16. The van der Waals surface area contributed by atoms with Crippen LogP contribution in [-0.4, -0.2) is 11.4 Å². The van der Waals surface area contributed by atoms with E-state index in [2.05, 4.69) is 0 Å². The highest BCUT2D eigenvalue weighted by molar-refractivity contribution is 7.98. The summed E-state index contributed by atoms with van der Waals surface area (Å²) in [6.45, 7) is 1.00. The molecule has 3 heteroatoms. The monoisotopic (exact) mass is 178 g/mol. The second-order valence-corrected chi connectivity index (χ2v) is 3.12. The van der Waals surface area contributed by atoms with Crippen molar-refractivity contribution in [2.75, 3.05) is 6.26 Å². The quantitative estimate of drug-likeness (QED) is 0.706. The Kier molecular flexibility index (Phi) is 3.15. The van der Waals surface area contributed by atoms with E-state index in [-0.39, 0.29) is 0 Å². The third-order valence-electron chi connectivity index (χ3n) is 1.44. The Morgan fingerprint density at radius 2 is 2.25 bits per heavy atom. The van der Waals surface area contributed by atoms with Crippen LogP contribution in [-0.2, 0) is 0 Å². The maximum absolute atomic E-state index is 8.73. The molecule has 0 amide bonds. The zero-order valence-electron chi connectivity index (χ0n) is 6.61. The van der Waals surface area contributed by atoms with Crippen LogP contribution in [0.15, 0.2) is 23.1 Å². The first-order valence-electron chi connectivity index (χ1n) is 3.36. The highest BCUT2D eigenvalue weighted by atomic mass is 32.2. The molecule has 0 aliphatic heterocycles. The maximum atomic E-state index is 8.73. The molecular weight excluding hydrogens is 170 g/mol. The van der Waals surface area contributed by atoms with Crippen LogP contribution >= 0.6 is 11.8 Å². The second kappa shape index (κ2) is 4.15. The normalized spacial score (nSPS) is 9.42. The molecule has 0 bridgehead atoms. The molecular formula is C9H8NOS. The van der Waals surface area contributed by atoms with Gasteiger partial charge in [-0.25, -0.2) is 0 Å². The summed E-state index contributed by atoms with van der Waals surface area (Å²) in [4.78, 5) is 0.981. The van der Waals surface area contributed by atoms with E-state index < -0.39 is 0 Å². The third kappa shape index (κ3) is 2.00. The van der Waals surface area contributed by atoms with Crippen molar-refractivity contribution >= 4 is 11.8 Å². The van der Waals surface area contributed by atoms with Crippen LogP contribution in [0.4, 0.5) is 0 Å². The topological polar surface area (TPSA) is 44.0 Å². The Morgan fingerprint density at radius 1 is 1.50 bits per heavy atom. The van der Waals surface area contributed by atoms with Crippen LogP contribution in [0.1, 0.15) is 11.1 Å². The number of benzene rings is 1. The lowest BCUT2D eigenvalue weighted by atomic mass is 10.1. The average molecular weight is 178 g/mol. The van der Waals surface area contributed by atoms with Crippen LogP contribution in [0, 0.1) is 17.9 Å². The molecule has 1 aromatic carbocycles. The van der Waals surface area contributed by atoms with E-state index in [0.29, 0.717) is 11.1 Å². The van der Waals surface area contributed by atoms with Gasteiger partial charge < -0.3 is 5.11 Å². The molecule has 2 nitrogen and oxygen atoms in total. The SMILES string of the molecule is CSc1cc(C#N)cc([CH]O)c1. The van der Waals surface area contributed by atoms with Crippen LogP contribution in [0.2, 0.25) is 0 Å². The molecule has 0 fully saturated rings. The van der Waals surface area contributed by atoms with Crippen molar-refractivity contribution in [2.45, 2.75) is 4.90 Å². The number of hydrogen-bond acceptors (Lipinski definition) is 3. The lowest BCUT2D eigenvalue weighted by Gasteiger charge is -2.00. The average Bonchev–Trinajstić information content (AvgIpc) is 2.16. The van der Waals surface area contributed by atoms with Crippen LogP contribution in [0.3, 0.4) is 0 Å². The minimum Gasteiger partial charge on any atom is -0.385 e. The van der Waals surface area contributed by atoms with Gasteiger partial charge in [-0.15, -0.1) is 11.8 Å². The Labute approximate surface area is 75.8 Å². The largest absolute Gasteiger partial charge is 0.385 e. The van der Waals surface area contributed by atoms with Crippen molar-refractivity contribution < 1.29 is 5.11 Å². The molecule has 1 rings (SSSR count). The number of hydrogen-bond donors (Lipinski definition) is 1. The summed E-state index contributed by atoms with van der Waals surface area (Å²) in [6, 6.07) is 7.28. The Morgan fingerprint density at radius 3 is 2.75 bits per heavy atom. The third-order valence-corrected chi connectivity index (χ3v) is 2.15. The zero-order chi connectivity index (χ0) is 8.97. The zero-order valence-corrected chi connectivity index (χ0v) is 7.43. The molecule has 61 valence electrons. The Hall–Kier alpha value is -0.980. The minimum absolute atomic E-state index is 0.571. The molecule has 0 atom stereocenters. The number of thioether (sulfide) groups is 1. The van der Waals surface area contributed by atoms with Crippen molar-refractivity contribution in [1.29, 1.82) is 5.26 Å². The van der Waals surface area contributed by atoms with Crippen molar-refractivity contribution in [3.63, 3.8) is 0 Å². The number of aliphatic hydroxyl groups is 1. The van der Waals surface area contributed by atoms with E-state index in [1.807, 2.05) is 18.4 Å². The van der Waals surface area contributed by atoms with Gasteiger partial charge in [-0.05, 0) is 30.0 Å². The lowest BCUT2D eigenvalue weighted by molar-refractivity contribution is 0.414. The molecule has 1 N–H and O–H groups in total. The van der Waals surface area contributed by atoms with Crippen LogP contribution in [0.5, 0.6) is 0 Å². The second-order valence-electron chi connectivity index (χ2n) is 2.24. The first-order chi connectivity index (χ1) is 5.80. The minimum atomic E-state index is 0.571. The van der Waals surface area contributed by atoms with Gasteiger partial charge in [0, 0.05) is 4.90 Å². The summed E-state index contributed by atoms with van der Waals surface area (Å²) in [5.74, 6) is 0. The van der Waals surface area contributed by atoms with Crippen LogP contribution in [0.25, 0.3) is 0 Å². The molecule has 12 heavy (non-hydrogen) atoms. The van der Waals surface area contributed by atoms with Gasteiger partial charge in [-0.1, -0.05) is 0 Å². The fourth-order valence-corrected chi connectivity index (χ4v) is 1.38. The van der Waals surface area contributed by atoms with E-state index in [4.69, 9.17) is 10.4 Å². The molecule has 0 aliphatic carbocycles. The van der Waals surface area contributed by atoms with Crippen molar-refractivity contribution in [2.24, 2.45) is 0 Å². The Bertz CT molecular complexity index is 295.